The lowest BCUT2D eigenvalue weighted by atomic mass is 10.0. The first kappa shape index (κ1) is 20.9. The molecular weight excluding hydrogens is 427 g/mol. The first-order chi connectivity index (χ1) is 14.7. The summed E-state index contributed by atoms with van der Waals surface area (Å²) in [5, 5.41) is 4.11. The first-order valence-electron chi connectivity index (χ1n) is 9.32. The molecule has 5 nitrogen and oxygen atoms in total. The average molecular weight is 444 g/mol. The Bertz CT molecular complexity index is 1270. The van der Waals surface area contributed by atoms with Crippen molar-refractivity contribution in [1.82, 2.24) is 15.0 Å². The van der Waals surface area contributed by atoms with Gasteiger partial charge in [0.25, 0.3) is 0 Å². The number of nitrogens with one attached hydrogen (secondary N) is 1. The average Bonchev–Trinajstić information content (AvgIpc) is 2.71. The van der Waals surface area contributed by atoms with Crippen molar-refractivity contribution in [1.29, 1.82) is 0 Å². The lowest BCUT2D eigenvalue weighted by Crippen LogP contribution is -2.15. The molecule has 0 unspecified atom stereocenters. The van der Waals surface area contributed by atoms with Crippen LogP contribution >= 0.6 is 11.6 Å². The van der Waals surface area contributed by atoms with E-state index in [0.29, 0.717) is 28.0 Å². The molecule has 0 saturated carbocycles. The molecular formula is C22H17ClF3N5. The highest BCUT2D eigenvalue weighted by Gasteiger charge is 2.35. The molecule has 4 rings (SSSR count). The molecule has 0 saturated heterocycles. The van der Waals surface area contributed by atoms with E-state index in [1.54, 1.807) is 12.1 Å². The van der Waals surface area contributed by atoms with Crippen LogP contribution in [0.1, 0.15) is 16.7 Å². The normalized spacial score (nSPS) is 11.6. The molecule has 0 amide bonds. The summed E-state index contributed by atoms with van der Waals surface area (Å²) in [7, 11) is 0. The largest absolute Gasteiger partial charge is 0.421 e. The number of aromatic nitrogens is 3. The third kappa shape index (κ3) is 4.25. The highest BCUT2D eigenvalue weighted by Crippen LogP contribution is 2.35. The van der Waals surface area contributed by atoms with Gasteiger partial charge in [0.15, 0.2) is 0 Å². The van der Waals surface area contributed by atoms with Crippen molar-refractivity contribution < 1.29 is 13.2 Å². The van der Waals surface area contributed by atoms with Crippen molar-refractivity contribution in [3.63, 3.8) is 0 Å². The van der Waals surface area contributed by atoms with Crippen LogP contribution in [0.3, 0.4) is 0 Å². The van der Waals surface area contributed by atoms with E-state index in [1.165, 1.54) is 0 Å². The van der Waals surface area contributed by atoms with E-state index >= 15 is 0 Å². The highest BCUT2D eigenvalue weighted by molar-refractivity contribution is 6.33. The standard InChI is InChI=1S/C22H17ClF3N5/c1-12-5-4-6-13-9-14(19(30-18(12)13)15-7-2-3-8-17(15)23)10-28-20-16(22(24,25)26)11-29-21(27)31-20/h2-9,11H,10H2,1H3,(H3,27,28,29,31). The van der Waals surface area contributed by atoms with Gasteiger partial charge in [-0.3, -0.25) is 0 Å². The Hall–Kier alpha value is -3.39. The van der Waals surface area contributed by atoms with Crippen molar-refractivity contribution >= 4 is 34.3 Å². The number of benzene rings is 2. The van der Waals surface area contributed by atoms with Crippen molar-refractivity contribution in [2.24, 2.45) is 0 Å². The summed E-state index contributed by atoms with van der Waals surface area (Å²) in [5.41, 5.74) is 8.22. The van der Waals surface area contributed by atoms with Crippen LogP contribution in [0, 0.1) is 6.92 Å². The monoisotopic (exact) mass is 443 g/mol. The number of halogens is 4. The van der Waals surface area contributed by atoms with Crippen molar-refractivity contribution in [3.05, 3.63) is 76.4 Å². The summed E-state index contributed by atoms with van der Waals surface area (Å²) in [6.07, 6.45) is -3.96. The second-order valence-corrected chi connectivity index (χ2v) is 7.37. The van der Waals surface area contributed by atoms with Gasteiger partial charge in [-0.2, -0.15) is 18.2 Å². The molecule has 0 radical (unpaired) electrons. The van der Waals surface area contributed by atoms with Gasteiger partial charge in [0.05, 0.1) is 11.2 Å². The molecule has 0 spiro atoms. The van der Waals surface area contributed by atoms with Gasteiger partial charge < -0.3 is 11.1 Å². The molecule has 0 aliphatic heterocycles. The molecule has 2 heterocycles. The minimum absolute atomic E-state index is 0.0248. The first-order valence-corrected chi connectivity index (χ1v) is 9.69. The van der Waals surface area contributed by atoms with Crippen LogP contribution in [-0.4, -0.2) is 15.0 Å². The van der Waals surface area contributed by atoms with Gasteiger partial charge in [-0.15, -0.1) is 0 Å². The molecule has 158 valence electrons. The molecule has 4 aromatic rings. The van der Waals surface area contributed by atoms with Gasteiger partial charge in [0.2, 0.25) is 5.95 Å². The maximum absolute atomic E-state index is 13.4. The summed E-state index contributed by atoms with van der Waals surface area (Å²) in [6, 6.07) is 14.8. The number of nitrogens with zero attached hydrogens (tertiary/aromatic N) is 3. The van der Waals surface area contributed by atoms with Gasteiger partial charge in [-0.25, -0.2) is 9.97 Å². The predicted molar refractivity (Wildman–Crippen MR) is 116 cm³/mol. The zero-order valence-electron chi connectivity index (χ0n) is 16.3. The maximum Gasteiger partial charge on any atom is 0.421 e. The van der Waals surface area contributed by atoms with E-state index in [0.717, 1.165) is 16.5 Å². The Labute approximate surface area is 181 Å². The molecule has 3 N–H and O–H groups in total. The number of hydrogen-bond acceptors (Lipinski definition) is 5. The van der Waals surface area contributed by atoms with Crippen LogP contribution in [0.2, 0.25) is 5.02 Å². The quantitative estimate of drug-likeness (QED) is 0.412. The van der Waals surface area contributed by atoms with Crippen molar-refractivity contribution in [3.8, 4) is 11.3 Å². The Morgan fingerprint density at radius 1 is 1.06 bits per heavy atom. The summed E-state index contributed by atoms with van der Waals surface area (Å²) < 4.78 is 40.1. The topological polar surface area (TPSA) is 76.7 Å². The summed E-state index contributed by atoms with van der Waals surface area (Å²) >= 11 is 6.40. The number of rotatable bonds is 4. The molecule has 2 aromatic carbocycles. The minimum Gasteiger partial charge on any atom is -0.368 e. The number of para-hydroxylation sites is 1. The number of nitrogens with two attached hydrogens (primary N) is 1. The van der Waals surface area contributed by atoms with Crippen LogP contribution < -0.4 is 11.1 Å². The number of nitrogen functional groups attached to an aromatic ring is 1. The molecule has 0 fully saturated rings. The maximum atomic E-state index is 13.4. The Morgan fingerprint density at radius 2 is 1.84 bits per heavy atom. The second-order valence-electron chi connectivity index (χ2n) is 6.96. The van der Waals surface area contributed by atoms with Gasteiger partial charge >= 0.3 is 6.18 Å². The van der Waals surface area contributed by atoms with Crippen LogP contribution in [0.15, 0.2) is 54.7 Å². The van der Waals surface area contributed by atoms with Gasteiger partial charge in [-0.05, 0) is 30.2 Å². The van der Waals surface area contributed by atoms with Crippen LogP contribution in [0.5, 0.6) is 0 Å². The third-order valence-electron chi connectivity index (χ3n) is 4.81. The summed E-state index contributed by atoms with van der Waals surface area (Å²) in [5.74, 6) is -0.650. The number of hydrogen-bond donors (Lipinski definition) is 2. The van der Waals surface area contributed by atoms with E-state index in [-0.39, 0.29) is 12.5 Å². The molecule has 2 aromatic heterocycles. The number of alkyl halides is 3. The van der Waals surface area contributed by atoms with Crippen molar-refractivity contribution in [2.45, 2.75) is 19.6 Å². The van der Waals surface area contributed by atoms with Crippen LogP contribution in [0.25, 0.3) is 22.2 Å². The van der Waals surface area contributed by atoms with Gasteiger partial charge in [0, 0.05) is 28.7 Å². The Morgan fingerprint density at radius 3 is 2.58 bits per heavy atom. The van der Waals surface area contributed by atoms with E-state index in [9.17, 15) is 13.2 Å². The van der Waals surface area contributed by atoms with E-state index in [2.05, 4.69) is 15.3 Å². The second kappa shape index (κ2) is 8.03. The SMILES string of the molecule is Cc1cccc2cc(CNc3nc(N)ncc3C(F)(F)F)c(-c3ccccc3Cl)nc12. The van der Waals surface area contributed by atoms with Crippen LogP contribution in [-0.2, 0) is 12.7 Å². The number of fused-ring (bicyclic) bond motifs is 1. The molecule has 0 bridgehead atoms. The number of aryl methyl sites for hydroxylation is 1. The molecule has 31 heavy (non-hydrogen) atoms. The zero-order chi connectivity index (χ0) is 22.2. The summed E-state index contributed by atoms with van der Waals surface area (Å²) in [4.78, 5) is 12.0. The fraction of sp³-hybridized carbons (Fsp3) is 0.136. The van der Waals surface area contributed by atoms with E-state index in [4.69, 9.17) is 22.3 Å². The predicted octanol–water partition coefficient (Wildman–Crippen LogP) is 5.87. The lowest BCUT2D eigenvalue weighted by molar-refractivity contribution is -0.137. The number of anilines is 2. The van der Waals surface area contributed by atoms with E-state index in [1.807, 2.05) is 43.3 Å². The molecule has 0 aliphatic carbocycles. The number of pyridine rings is 1. The Balaban J connectivity index is 1.82. The lowest BCUT2D eigenvalue weighted by Gasteiger charge is -2.16. The van der Waals surface area contributed by atoms with Crippen molar-refractivity contribution in [2.75, 3.05) is 11.1 Å². The Kier molecular flexibility index (Phi) is 5.41. The highest BCUT2D eigenvalue weighted by atomic mass is 35.5. The smallest absolute Gasteiger partial charge is 0.368 e. The molecule has 0 aliphatic rings. The van der Waals surface area contributed by atoms with E-state index < -0.39 is 17.6 Å². The zero-order valence-corrected chi connectivity index (χ0v) is 17.1. The fourth-order valence-corrected chi connectivity index (χ4v) is 3.55. The minimum atomic E-state index is -4.62. The van der Waals surface area contributed by atoms with Crippen LogP contribution in [0.4, 0.5) is 24.9 Å². The fourth-order valence-electron chi connectivity index (χ4n) is 3.33. The molecule has 0 atom stereocenters. The van der Waals surface area contributed by atoms with Gasteiger partial charge in [0.1, 0.15) is 11.4 Å². The third-order valence-corrected chi connectivity index (χ3v) is 5.14. The summed E-state index contributed by atoms with van der Waals surface area (Å²) in [6.45, 7) is 1.97. The van der Waals surface area contributed by atoms with Gasteiger partial charge in [-0.1, -0.05) is 48.0 Å². The molecule has 9 heteroatoms.